The first-order valence-corrected chi connectivity index (χ1v) is 8.06. The second-order valence-corrected chi connectivity index (χ2v) is 6.04. The van der Waals surface area contributed by atoms with Crippen molar-refractivity contribution in [2.75, 3.05) is 0 Å². The van der Waals surface area contributed by atoms with E-state index < -0.39 is 23.5 Å². The van der Waals surface area contributed by atoms with Gasteiger partial charge in [-0.3, -0.25) is 9.59 Å². The predicted molar refractivity (Wildman–Crippen MR) is 89.2 cm³/mol. The molecule has 1 aromatic carbocycles. The molecule has 132 valence electrons. The number of rotatable bonds is 10. The molecule has 0 saturated carbocycles. The second-order valence-electron chi connectivity index (χ2n) is 6.04. The van der Waals surface area contributed by atoms with E-state index in [9.17, 15) is 14.0 Å². The van der Waals surface area contributed by atoms with Gasteiger partial charge in [0, 0.05) is 31.7 Å². The van der Waals surface area contributed by atoms with Crippen molar-refractivity contribution in [1.82, 2.24) is 5.32 Å². The third kappa shape index (κ3) is 5.99. The van der Waals surface area contributed by atoms with Crippen molar-refractivity contribution in [3.05, 3.63) is 35.6 Å². The van der Waals surface area contributed by atoms with Crippen LogP contribution in [0.25, 0.3) is 0 Å². The first-order chi connectivity index (χ1) is 11.9. The number of carboxylic acid groups (broad SMARTS) is 1. The number of nitrogens with one attached hydrogen (secondary N) is 1. The van der Waals surface area contributed by atoms with Crippen LogP contribution >= 0.6 is 0 Å². The van der Waals surface area contributed by atoms with E-state index in [1.807, 2.05) is 0 Å². The lowest BCUT2D eigenvalue weighted by molar-refractivity contribution is -0.137. The molecule has 2 rings (SSSR count). The fourth-order valence-corrected chi connectivity index (χ4v) is 2.60. The number of amides is 1. The topological polar surface area (TPSA) is 91.1 Å². The standard InChI is InChI=1S/C18H20FN3O3/c1-2-3-9-18(21-22-18)10-8-16(23)20-14(12-17(24)25)11-13-6-4-5-7-15(13)19/h1,4-7,14H,3,8-12H2,(H,20,23)(H,24,25)/t14-/m1/s1. The van der Waals surface area contributed by atoms with Crippen molar-refractivity contribution < 1.29 is 19.1 Å². The quantitative estimate of drug-likeness (QED) is 0.639. The van der Waals surface area contributed by atoms with Gasteiger partial charge in [-0.25, -0.2) is 4.39 Å². The maximum absolute atomic E-state index is 13.8. The second kappa shape index (κ2) is 8.38. The molecule has 0 fully saturated rings. The smallest absolute Gasteiger partial charge is 0.305 e. The molecule has 1 heterocycles. The lowest BCUT2D eigenvalue weighted by atomic mass is 10.0. The van der Waals surface area contributed by atoms with E-state index in [-0.39, 0.29) is 25.2 Å². The number of hydrogen-bond acceptors (Lipinski definition) is 4. The minimum absolute atomic E-state index is 0.113. The van der Waals surface area contributed by atoms with E-state index in [0.717, 1.165) is 0 Å². The summed E-state index contributed by atoms with van der Waals surface area (Å²) in [5, 5.41) is 19.6. The summed E-state index contributed by atoms with van der Waals surface area (Å²) in [4.78, 5) is 23.2. The van der Waals surface area contributed by atoms with Crippen LogP contribution in [0.15, 0.2) is 34.5 Å². The molecular formula is C18H20FN3O3. The van der Waals surface area contributed by atoms with Crippen LogP contribution in [0.3, 0.4) is 0 Å². The van der Waals surface area contributed by atoms with Gasteiger partial charge in [0.1, 0.15) is 5.82 Å². The van der Waals surface area contributed by atoms with Gasteiger partial charge in [0.2, 0.25) is 5.91 Å². The summed E-state index contributed by atoms with van der Waals surface area (Å²) in [6.07, 6.45) is 6.77. The molecule has 2 N–H and O–H groups in total. The number of halogens is 1. The summed E-state index contributed by atoms with van der Waals surface area (Å²) in [6, 6.07) is 5.43. The fraction of sp³-hybridized carbons (Fsp3) is 0.444. The van der Waals surface area contributed by atoms with Crippen molar-refractivity contribution in [3.8, 4) is 12.3 Å². The van der Waals surface area contributed by atoms with E-state index in [1.54, 1.807) is 18.2 Å². The SMILES string of the molecule is C#CCCC1(CCC(=O)N[C@@H](CC(=O)O)Cc2ccccc2F)N=N1. The number of aliphatic carboxylic acids is 1. The number of nitrogens with zero attached hydrogens (tertiary/aromatic N) is 2. The van der Waals surface area contributed by atoms with Gasteiger partial charge < -0.3 is 10.4 Å². The van der Waals surface area contributed by atoms with Gasteiger partial charge in [-0.05, 0) is 18.1 Å². The largest absolute Gasteiger partial charge is 0.481 e. The molecular weight excluding hydrogens is 325 g/mol. The zero-order valence-corrected chi connectivity index (χ0v) is 13.7. The molecule has 25 heavy (non-hydrogen) atoms. The average Bonchev–Trinajstić information content (AvgIpc) is 3.33. The summed E-state index contributed by atoms with van der Waals surface area (Å²) in [7, 11) is 0. The summed E-state index contributed by atoms with van der Waals surface area (Å²) in [6.45, 7) is 0. The van der Waals surface area contributed by atoms with Crippen LogP contribution in [0.1, 0.15) is 37.7 Å². The number of terminal acetylenes is 1. The third-order valence-corrected chi connectivity index (χ3v) is 4.02. The van der Waals surface area contributed by atoms with Crippen molar-refractivity contribution in [2.45, 2.75) is 50.2 Å². The normalized spacial score (nSPS) is 15.2. The van der Waals surface area contributed by atoms with Gasteiger partial charge >= 0.3 is 5.97 Å². The Morgan fingerprint density at radius 2 is 2.04 bits per heavy atom. The average molecular weight is 345 g/mol. The van der Waals surface area contributed by atoms with Gasteiger partial charge in [-0.15, -0.1) is 12.3 Å². The highest BCUT2D eigenvalue weighted by Crippen LogP contribution is 2.37. The molecule has 0 bridgehead atoms. The number of carboxylic acids is 1. The zero-order chi connectivity index (χ0) is 18.3. The van der Waals surface area contributed by atoms with Gasteiger partial charge in [0.05, 0.1) is 6.42 Å². The van der Waals surface area contributed by atoms with Crippen LogP contribution < -0.4 is 5.32 Å². The van der Waals surface area contributed by atoms with Gasteiger partial charge in [-0.1, -0.05) is 18.2 Å². The molecule has 0 aromatic heterocycles. The van der Waals surface area contributed by atoms with Crippen LogP contribution in [-0.4, -0.2) is 28.7 Å². The highest BCUT2D eigenvalue weighted by Gasteiger charge is 2.39. The molecule has 0 unspecified atom stereocenters. The molecule has 1 amide bonds. The lowest BCUT2D eigenvalue weighted by Gasteiger charge is -2.18. The minimum Gasteiger partial charge on any atom is -0.481 e. The Morgan fingerprint density at radius 3 is 2.64 bits per heavy atom. The zero-order valence-electron chi connectivity index (χ0n) is 13.7. The Balaban J connectivity index is 1.88. The monoisotopic (exact) mass is 345 g/mol. The summed E-state index contributed by atoms with van der Waals surface area (Å²) in [5.74, 6) is 0.734. The summed E-state index contributed by atoms with van der Waals surface area (Å²) < 4.78 is 13.8. The van der Waals surface area contributed by atoms with Gasteiger partial charge in [0.15, 0.2) is 5.66 Å². The Labute approximate surface area is 145 Å². The third-order valence-electron chi connectivity index (χ3n) is 4.02. The molecule has 7 heteroatoms. The summed E-state index contributed by atoms with van der Waals surface area (Å²) >= 11 is 0. The first kappa shape index (κ1) is 18.6. The number of benzene rings is 1. The highest BCUT2D eigenvalue weighted by atomic mass is 19.1. The van der Waals surface area contributed by atoms with Crippen molar-refractivity contribution >= 4 is 11.9 Å². The van der Waals surface area contributed by atoms with E-state index in [2.05, 4.69) is 21.5 Å². The number of hydrogen-bond donors (Lipinski definition) is 2. The molecule has 1 aliphatic heterocycles. The molecule has 0 aliphatic carbocycles. The van der Waals surface area contributed by atoms with Crippen molar-refractivity contribution in [3.63, 3.8) is 0 Å². The number of carbonyl (C=O) groups is 2. The molecule has 6 nitrogen and oxygen atoms in total. The Morgan fingerprint density at radius 1 is 1.32 bits per heavy atom. The van der Waals surface area contributed by atoms with Crippen molar-refractivity contribution in [2.24, 2.45) is 10.2 Å². The Bertz CT molecular complexity index is 706. The molecule has 1 aliphatic rings. The highest BCUT2D eigenvalue weighted by molar-refractivity contribution is 5.77. The molecule has 0 spiro atoms. The molecule has 0 radical (unpaired) electrons. The van der Waals surface area contributed by atoms with Crippen LogP contribution in [-0.2, 0) is 16.0 Å². The van der Waals surface area contributed by atoms with Gasteiger partial charge in [0.25, 0.3) is 0 Å². The molecule has 1 atom stereocenters. The molecule has 1 aromatic rings. The lowest BCUT2D eigenvalue weighted by Crippen LogP contribution is -2.38. The van der Waals surface area contributed by atoms with Crippen LogP contribution in [0.2, 0.25) is 0 Å². The predicted octanol–water partition coefficient (Wildman–Crippen LogP) is 2.68. The minimum atomic E-state index is -1.06. The maximum atomic E-state index is 13.8. The van der Waals surface area contributed by atoms with Crippen LogP contribution in [0.4, 0.5) is 4.39 Å². The van der Waals surface area contributed by atoms with Crippen LogP contribution in [0, 0.1) is 18.2 Å². The van der Waals surface area contributed by atoms with E-state index in [4.69, 9.17) is 11.5 Å². The summed E-state index contributed by atoms with van der Waals surface area (Å²) in [5.41, 5.74) is -0.191. The van der Waals surface area contributed by atoms with E-state index in [1.165, 1.54) is 6.07 Å². The Hall–Kier alpha value is -2.75. The van der Waals surface area contributed by atoms with E-state index in [0.29, 0.717) is 24.8 Å². The van der Waals surface area contributed by atoms with Crippen LogP contribution in [0.5, 0.6) is 0 Å². The Kier molecular flexibility index (Phi) is 6.23. The first-order valence-electron chi connectivity index (χ1n) is 8.06. The van der Waals surface area contributed by atoms with Crippen molar-refractivity contribution in [1.29, 1.82) is 0 Å². The fourth-order valence-electron chi connectivity index (χ4n) is 2.60. The molecule has 0 saturated heterocycles. The number of carbonyl (C=O) groups excluding carboxylic acids is 1. The maximum Gasteiger partial charge on any atom is 0.305 e. The van der Waals surface area contributed by atoms with Gasteiger partial charge in [-0.2, -0.15) is 10.2 Å². The van der Waals surface area contributed by atoms with E-state index >= 15 is 0 Å².